The molecule has 3 aromatic rings. The van der Waals surface area contributed by atoms with Crippen LogP contribution in [0.2, 0.25) is 5.02 Å². The number of rotatable bonds is 5. The zero-order chi connectivity index (χ0) is 23.9. The summed E-state index contributed by atoms with van der Waals surface area (Å²) in [6.07, 6.45) is 0. The number of halogens is 1. The molecule has 2 aliphatic rings. The van der Waals surface area contributed by atoms with Crippen molar-refractivity contribution in [2.45, 2.75) is 4.87 Å². The number of ether oxygens (including phenoxy) is 1. The zero-order valence-electron chi connectivity index (χ0n) is 18.2. The van der Waals surface area contributed by atoms with Gasteiger partial charge in [0, 0.05) is 16.3 Å². The van der Waals surface area contributed by atoms with Crippen LogP contribution in [0, 0.1) is 0 Å². The minimum atomic E-state index is -1.30. The van der Waals surface area contributed by atoms with E-state index in [2.05, 4.69) is 5.32 Å². The van der Waals surface area contributed by atoms with Crippen LogP contribution < -0.4 is 19.9 Å². The molecule has 3 amide bonds. The number of benzene rings is 3. The number of amides is 3. The number of hydrogen-bond acceptors (Lipinski definition) is 5. The second-order valence-corrected chi connectivity index (χ2v) is 9.40. The van der Waals surface area contributed by atoms with Gasteiger partial charge in [0.25, 0.3) is 5.91 Å². The fourth-order valence-electron chi connectivity index (χ4n) is 4.41. The normalized spacial score (nSPS) is 19.0. The van der Waals surface area contributed by atoms with E-state index < -0.39 is 4.87 Å². The molecule has 172 valence electrons. The number of nitrogens with zero attached hydrogens (tertiary/aromatic N) is 2. The first-order chi connectivity index (χ1) is 16.5. The predicted molar refractivity (Wildman–Crippen MR) is 133 cm³/mol. The van der Waals surface area contributed by atoms with E-state index in [1.54, 1.807) is 60.7 Å². The third-order valence-corrected chi connectivity index (χ3v) is 7.43. The van der Waals surface area contributed by atoms with Gasteiger partial charge in [0.1, 0.15) is 12.3 Å². The van der Waals surface area contributed by atoms with Crippen molar-refractivity contribution in [3.8, 4) is 5.75 Å². The first-order valence-corrected chi connectivity index (χ1v) is 11.9. The van der Waals surface area contributed by atoms with E-state index in [1.165, 1.54) is 28.7 Å². The largest absolute Gasteiger partial charge is 0.495 e. The maximum Gasteiger partial charge on any atom is 0.269 e. The summed E-state index contributed by atoms with van der Waals surface area (Å²) in [5.74, 6) is -0.276. The number of methoxy groups -OCH3 is 1. The highest BCUT2D eigenvalue weighted by molar-refractivity contribution is 8.02. The number of carbonyl (C=O) groups excluding carboxylic acids is 3. The Morgan fingerprint density at radius 3 is 2.65 bits per heavy atom. The molecule has 1 fully saturated rings. The Bertz CT molecular complexity index is 1320. The van der Waals surface area contributed by atoms with Crippen LogP contribution in [0.4, 0.5) is 17.1 Å². The van der Waals surface area contributed by atoms with Crippen LogP contribution in [-0.2, 0) is 19.3 Å². The lowest BCUT2D eigenvalue weighted by molar-refractivity contribution is -0.124. The average Bonchev–Trinajstić information content (AvgIpc) is 3.30. The molecule has 1 saturated heterocycles. The molecule has 1 atom stereocenters. The highest BCUT2D eigenvalue weighted by Crippen LogP contribution is 2.55. The molecular weight excluding hydrogens is 474 g/mol. The van der Waals surface area contributed by atoms with Gasteiger partial charge in [-0.25, -0.2) is 0 Å². The summed E-state index contributed by atoms with van der Waals surface area (Å²) in [5, 5.41) is 3.28. The Morgan fingerprint density at radius 1 is 1.09 bits per heavy atom. The summed E-state index contributed by atoms with van der Waals surface area (Å²) in [7, 11) is 1.52. The first kappa shape index (κ1) is 22.3. The van der Waals surface area contributed by atoms with E-state index in [4.69, 9.17) is 16.3 Å². The number of hydrogen-bond donors (Lipinski definition) is 1. The van der Waals surface area contributed by atoms with Gasteiger partial charge in [0.05, 0.1) is 24.2 Å². The number of carbonyl (C=O) groups is 3. The summed E-state index contributed by atoms with van der Waals surface area (Å²) in [6.45, 7) is -0.215. The maximum absolute atomic E-state index is 14.0. The second-order valence-electron chi connectivity index (χ2n) is 7.80. The van der Waals surface area contributed by atoms with Gasteiger partial charge in [-0.15, -0.1) is 11.8 Å². The number of fused-ring (bicyclic) bond motifs is 2. The summed E-state index contributed by atoms with van der Waals surface area (Å²) < 4.78 is 5.30. The van der Waals surface area contributed by atoms with Crippen molar-refractivity contribution < 1.29 is 19.1 Å². The Kier molecular flexibility index (Phi) is 5.71. The van der Waals surface area contributed by atoms with Crippen LogP contribution in [0.15, 0.2) is 72.8 Å². The van der Waals surface area contributed by atoms with Gasteiger partial charge in [0.2, 0.25) is 16.7 Å². The van der Waals surface area contributed by atoms with Gasteiger partial charge in [-0.3, -0.25) is 24.2 Å². The first-order valence-electron chi connectivity index (χ1n) is 10.5. The highest BCUT2D eigenvalue weighted by Gasteiger charge is 2.61. The Labute approximate surface area is 205 Å². The predicted octanol–water partition coefficient (Wildman–Crippen LogP) is 4.27. The minimum Gasteiger partial charge on any atom is -0.495 e. The molecule has 2 aliphatic heterocycles. The quantitative estimate of drug-likeness (QED) is 0.574. The fourth-order valence-corrected chi connectivity index (χ4v) is 5.95. The molecule has 0 bridgehead atoms. The second kappa shape index (κ2) is 8.70. The molecule has 1 spiro atoms. The van der Waals surface area contributed by atoms with E-state index in [0.717, 1.165) is 0 Å². The zero-order valence-corrected chi connectivity index (χ0v) is 19.7. The van der Waals surface area contributed by atoms with Crippen molar-refractivity contribution in [2.24, 2.45) is 0 Å². The van der Waals surface area contributed by atoms with Gasteiger partial charge in [-0.1, -0.05) is 48.0 Å². The van der Waals surface area contributed by atoms with E-state index >= 15 is 0 Å². The smallest absolute Gasteiger partial charge is 0.269 e. The number of nitrogens with one attached hydrogen (secondary N) is 1. The van der Waals surface area contributed by atoms with Crippen molar-refractivity contribution in [1.29, 1.82) is 0 Å². The van der Waals surface area contributed by atoms with Crippen molar-refractivity contribution in [1.82, 2.24) is 0 Å². The fraction of sp³-hybridized carbons (Fsp3) is 0.160. The Balaban J connectivity index is 1.52. The van der Waals surface area contributed by atoms with Crippen LogP contribution in [0.5, 0.6) is 5.75 Å². The molecule has 0 aliphatic carbocycles. The minimum absolute atomic E-state index is 0.133. The summed E-state index contributed by atoms with van der Waals surface area (Å²) in [4.78, 5) is 41.7. The number of para-hydroxylation sites is 3. The SMILES string of the molecule is COc1ccccc1NC(=O)CN1C(=O)[C@@]2(SCC(=O)N2c2cccc(Cl)c2)c2ccccc21. The third kappa shape index (κ3) is 3.50. The van der Waals surface area contributed by atoms with Crippen molar-refractivity contribution in [3.63, 3.8) is 0 Å². The van der Waals surface area contributed by atoms with Gasteiger partial charge >= 0.3 is 0 Å². The monoisotopic (exact) mass is 493 g/mol. The van der Waals surface area contributed by atoms with Crippen LogP contribution >= 0.6 is 23.4 Å². The Hall–Kier alpha value is -3.49. The number of thioether (sulfide) groups is 1. The maximum atomic E-state index is 14.0. The summed E-state index contributed by atoms with van der Waals surface area (Å²) in [6, 6.07) is 21.2. The lowest BCUT2D eigenvalue weighted by Gasteiger charge is -2.33. The molecule has 0 radical (unpaired) electrons. The average molecular weight is 494 g/mol. The molecule has 9 heteroatoms. The lowest BCUT2D eigenvalue weighted by Crippen LogP contribution is -2.50. The van der Waals surface area contributed by atoms with Crippen LogP contribution in [0.25, 0.3) is 0 Å². The van der Waals surface area contributed by atoms with Gasteiger partial charge in [-0.2, -0.15) is 0 Å². The van der Waals surface area contributed by atoms with E-state index in [9.17, 15) is 14.4 Å². The molecule has 34 heavy (non-hydrogen) atoms. The standard InChI is InChI=1S/C25H20ClN3O4S/c1-33-21-12-5-3-10-19(21)27-22(30)14-28-20-11-4-2-9-18(20)25(24(28)32)29(23(31)15-34-25)17-8-6-7-16(26)13-17/h2-13H,14-15H2,1H3,(H,27,30)/t25-/m0/s1. The van der Waals surface area contributed by atoms with Gasteiger partial charge in [0.15, 0.2) is 0 Å². The molecule has 0 aromatic heterocycles. The van der Waals surface area contributed by atoms with Crippen LogP contribution in [0.1, 0.15) is 5.56 Å². The topological polar surface area (TPSA) is 79.0 Å². The van der Waals surface area contributed by atoms with Crippen LogP contribution in [0.3, 0.4) is 0 Å². The van der Waals surface area contributed by atoms with E-state index in [-0.39, 0.29) is 30.0 Å². The van der Waals surface area contributed by atoms with Crippen LogP contribution in [-0.4, -0.2) is 37.1 Å². The van der Waals surface area contributed by atoms with Gasteiger partial charge < -0.3 is 10.1 Å². The van der Waals surface area contributed by atoms with Crippen molar-refractivity contribution >= 4 is 58.1 Å². The van der Waals surface area contributed by atoms with Crippen molar-refractivity contribution in [3.05, 3.63) is 83.4 Å². The molecule has 3 aromatic carbocycles. The summed E-state index contributed by atoms with van der Waals surface area (Å²) >= 11 is 7.45. The van der Waals surface area contributed by atoms with Crippen molar-refractivity contribution in [2.75, 3.05) is 34.5 Å². The molecule has 5 rings (SSSR count). The molecule has 0 saturated carbocycles. The van der Waals surface area contributed by atoms with E-state index in [0.29, 0.717) is 33.4 Å². The third-order valence-electron chi connectivity index (χ3n) is 5.81. The number of anilines is 3. The Morgan fingerprint density at radius 2 is 1.85 bits per heavy atom. The molecule has 1 N–H and O–H groups in total. The molecular formula is C25H20ClN3O4S. The molecule has 2 heterocycles. The lowest BCUT2D eigenvalue weighted by atomic mass is 10.0. The van der Waals surface area contributed by atoms with E-state index in [1.807, 2.05) is 12.1 Å². The highest BCUT2D eigenvalue weighted by atomic mass is 35.5. The summed E-state index contributed by atoms with van der Waals surface area (Å²) in [5.41, 5.74) is 2.31. The molecule has 7 nitrogen and oxygen atoms in total. The molecule has 0 unspecified atom stereocenters. The van der Waals surface area contributed by atoms with Gasteiger partial charge in [-0.05, 0) is 36.4 Å².